The topological polar surface area (TPSA) is 99.2 Å². The van der Waals surface area contributed by atoms with Gasteiger partial charge >= 0.3 is 0 Å². The number of phenolic OH excluding ortho intramolecular Hbond substituents is 1. The fourth-order valence-electron chi connectivity index (χ4n) is 5.41. The quantitative estimate of drug-likeness (QED) is 0.406. The average molecular weight is 561 g/mol. The molecule has 0 amide bonds. The van der Waals surface area contributed by atoms with Gasteiger partial charge in [-0.2, -0.15) is 0 Å². The number of Topliss-reactive ketones (excluding diaryl/α,β-unsaturated/α-hetero) is 1. The number of piperazine rings is 1. The van der Waals surface area contributed by atoms with Gasteiger partial charge in [0.15, 0.2) is 28.8 Å². The Morgan fingerprint density at radius 2 is 1.54 bits per heavy atom. The molecule has 3 aromatic carbocycles. The molecule has 0 aromatic heterocycles. The molecular weight excluding hydrogens is 528 g/mol. The van der Waals surface area contributed by atoms with E-state index in [2.05, 4.69) is 15.9 Å². The molecule has 1 fully saturated rings. The van der Waals surface area contributed by atoms with Crippen molar-refractivity contribution in [3.05, 3.63) is 70.5 Å². The number of phenols is 1. The Morgan fingerprint density at radius 3 is 2.22 bits per heavy atom. The Hall–Kier alpha value is -4.41. The summed E-state index contributed by atoms with van der Waals surface area (Å²) in [5.41, 5.74) is 2.87. The Morgan fingerprint density at radius 1 is 0.854 bits per heavy atom. The Balaban J connectivity index is 1.15. The highest BCUT2D eigenvalue weighted by atomic mass is 16.7. The lowest BCUT2D eigenvalue weighted by Gasteiger charge is -2.35. The third-order valence-corrected chi connectivity index (χ3v) is 7.59. The second-order valence-electron chi connectivity index (χ2n) is 10.1. The van der Waals surface area contributed by atoms with Crippen LogP contribution >= 0.6 is 0 Å². The zero-order chi connectivity index (χ0) is 28.5. The third kappa shape index (κ3) is 5.23. The maximum atomic E-state index is 13.3. The van der Waals surface area contributed by atoms with Crippen molar-refractivity contribution in [3.8, 4) is 40.2 Å². The molecule has 1 N–H and O–H groups in total. The van der Waals surface area contributed by atoms with Gasteiger partial charge in [-0.25, -0.2) is 0 Å². The highest BCUT2D eigenvalue weighted by molar-refractivity contribution is 6.15. The van der Waals surface area contributed by atoms with Gasteiger partial charge in [-0.3, -0.25) is 14.6 Å². The molecule has 3 aliphatic heterocycles. The van der Waals surface area contributed by atoms with E-state index in [4.69, 9.17) is 28.4 Å². The first-order valence-electron chi connectivity index (χ1n) is 13.4. The molecule has 6 rings (SSSR count). The molecule has 3 heterocycles. The normalized spacial score (nSPS) is 17.4. The van der Waals surface area contributed by atoms with Crippen molar-refractivity contribution in [1.82, 2.24) is 9.80 Å². The second kappa shape index (κ2) is 11.2. The van der Waals surface area contributed by atoms with Gasteiger partial charge < -0.3 is 33.5 Å². The Labute approximate surface area is 238 Å². The number of hydrogen-bond acceptors (Lipinski definition) is 10. The largest absolute Gasteiger partial charge is 0.507 e. The number of carbonyl (C=O) groups is 1. The molecule has 0 bridgehead atoms. The molecule has 0 aliphatic carbocycles. The van der Waals surface area contributed by atoms with Crippen molar-refractivity contribution in [2.75, 3.05) is 54.3 Å². The number of benzene rings is 3. The van der Waals surface area contributed by atoms with Gasteiger partial charge in [0.2, 0.25) is 18.3 Å². The van der Waals surface area contributed by atoms with Crippen molar-refractivity contribution >= 4 is 11.9 Å². The average Bonchev–Trinajstić information content (AvgIpc) is 3.58. The number of rotatable bonds is 8. The lowest BCUT2D eigenvalue weighted by atomic mass is 10.0. The van der Waals surface area contributed by atoms with Gasteiger partial charge in [-0.05, 0) is 53.6 Å². The summed E-state index contributed by atoms with van der Waals surface area (Å²) in [6.45, 7) is 4.93. The van der Waals surface area contributed by atoms with Crippen molar-refractivity contribution < 1.29 is 38.3 Å². The fraction of sp³-hybridized carbons (Fsp3) is 0.323. The third-order valence-electron chi connectivity index (χ3n) is 7.59. The number of nitrogens with zero attached hydrogens (tertiary/aromatic N) is 2. The van der Waals surface area contributed by atoms with E-state index in [1.54, 1.807) is 30.3 Å². The van der Waals surface area contributed by atoms with Crippen molar-refractivity contribution in [2.45, 2.75) is 13.1 Å². The fourth-order valence-corrected chi connectivity index (χ4v) is 5.41. The van der Waals surface area contributed by atoms with Crippen LogP contribution < -0.4 is 28.4 Å². The Kier molecular flexibility index (Phi) is 7.34. The zero-order valence-electron chi connectivity index (χ0n) is 23.3. The molecular formula is C31H32N2O8. The number of aromatic hydroxyl groups is 1. The van der Waals surface area contributed by atoms with Crippen LogP contribution in [-0.4, -0.2) is 75.0 Å². The van der Waals surface area contributed by atoms with Crippen LogP contribution in [0, 0.1) is 0 Å². The molecule has 0 saturated carbocycles. The molecule has 214 valence electrons. The molecule has 3 aromatic rings. The van der Waals surface area contributed by atoms with Crippen LogP contribution in [0.2, 0.25) is 0 Å². The first kappa shape index (κ1) is 26.8. The standard InChI is InChI=1S/C31H32N2O8/c1-36-27-14-20(15-28(37-2)31(27)38-3)13-26-29(35)21-5-6-23(34)22(30(21)41-26)17-33-10-8-32(9-11-33)16-19-4-7-24-25(12-19)40-18-39-24/h4-7,12-15,34H,8-11,16-18H2,1-3H3/b26-13-. The molecule has 0 radical (unpaired) electrons. The minimum atomic E-state index is -0.247. The smallest absolute Gasteiger partial charge is 0.231 e. The van der Waals surface area contributed by atoms with Gasteiger partial charge in [0.25, 0.3) is 0 Å². The lowest BCUT2D eigenvalue weighted by molar-refractivity contribution is 0.101. The SMILES string of the molecule is COc1cc(/C=C2\Oc3c(ccc(O)c3CN3CCN(Cc4ccc5c(c4)OCO5)CC3)C2=O)cc(OC)c1OC. The number of methoxy groups -OCH3 is 3. The predicted molar refractivity (Wildman–Crippen MR) is 150 cm³/mol. The minimum absolute atomic E-state index is 0.105. The molecule has 10 heteroatoms. The number of allylic oxidation sites excluding steroid dienone is 1. The maximum Gasteiger partial charge on any atom is 0.231 e. The van der Waals surface area contributed by atoms with E-state index in [9.17, 15) is 9.90 Å². The molecule has 1 saturated heterocycles. The van der Waals surface area contributed by atoms with E-state index in [0.717, 1.165) is 44.2 Å². The highest BCUT2D eigenvalue weighted by Crippen LogP contribution is 2.42. The number of carbonyl (C=O) groups excluding carboxylic acids is 1. The summed E-state index contributed by atoms with van der Waals surface area (Å²) in [6.07, 6.45) is 1.64. The minimum Gasteiger partial charge on any atom is -0.507 e. The second-order valence-corrected chi connectivity index (χ2v) is 10.1. The molecule has 0 atom stereocenters. The summed E-state index contributed by atoms with van der Waals surface area (Å²) in [5, 5.41) is 10.8. The van der Waals surface area contributed by atoms with E-state index >= 15 is 0 Å². The zero-order valence-corrected chi connectivity index (χ0v) is 23.3. The van der Waals surface area contributed by atoms with Gasteiger partial charge in [0, 0.05) is 39.3 Å². The van der Waals surface area contributed by atoms with Crippen molar-refractivity contribution in [1.29, 1.82) is 0 Å². The van der Waals surface area contributed by atoms with Crippen molar-refractivity contribution in [2.24, 2.45) is 0 Å². The predicted octanol–water partition coefficient (Wildman–Crippen LogP) is 4.08. The van der Waals surface area contributed by atoms with Crippen LogP contribution in [0.3, 0.4) is 0 Å². The summed E-state index contributed by atoms with van der Waals surface area (Å²) in [6, 6.07) is 12.7. The number of ether oxygens (including phenoxy) is 6. The molecule has 0 unspecified atom stereocenters. The molecule has 10 nitrogen and oxygen atoms in total. The van der Waals surface area contributed by atoms with E-state index in [-0.39, 0.29) is 24.1 Å². The van der Waals surface area contributed by atoms with E-state index in [1.165, 1.54) is 26.9 Å². The van der Waals surface area contributed by atoms with Crippen LogP contribution in [0.4, 0.5) is 0 Å². The molecule has 0 spiro atoms. The highest BCUT2D eigenvalue weighted by Gasteiger charge is 2.32. The maximum absolute atomic E-state index is 13.3. The Bertz CT molecular complexity index is 1490. The summed E-state index contributed by atoms with van der Waals surface area (Å²) in [7, 11) is 4.60. The monoisotopic (exact) mass is 560 g/mol. The van der Waals surface area contributed by atoms with Crippen LogP contribution in [0.25, 0.3) is 6.08 Å². The summed E-state index contributed by atoms with van der Waals surface area (Å²) >= 11 is 0. The van der Waals surface area contributed by atoms with Crippen molar-refractivity contribution in [3.63, 3.8) is 0 Å². The summed E-state index contributed by atoms with van der Waals surface area (Å²) in [5.74, 6) is 3.40. The molecule has 41 heavy (non-hydrogen) atoms. The summed E-state index contributed by atoms with van der Waals surface area (Å²) in [4.78, 5) is 17.9. The number of ketones is 1. The number of fused-ring (bicyclic) bond motifs is 2. The summed E-state index contributed by atoms with van der Waals surface area (Å²) < 4.78 is 33.3. The van der Waals surface area contributed by atoms with Crippen LogP contribution in [0.1, 0.15) is 27.0 Å². The first-order valence-corrected chi connectivity index (χ1v) is 13.4. The van der Waals surface area contributed by atoms with Gasteiger partial charge in [0.1, 0.15) is 11.5 Å². The molecule has 3 aliphatic rings. The van der Waals surface area contributed by atoms with E-state index < -0.39 is 0 Å². The van der Waals surface area contributed by atoms with E-state index in [1.807, 2.05) is 12.1 Å². The van der Waals surface area contributed by atoms with Gasteiger partial charge in [-0.15, -0.1) is 0 Å². The van der Waals surface area contributed by atoms with Crippen LogP contribution in [-0.2, 0) is 13.1 Å². The lowest BCUT2D eigenvalue weighted by Crippen LogP contribution is -2.45. The number of hydrogen-bond donors (Lipinski definition) is 1. The van der Waals surface area contributed by atoms with Crippen LogP contribution in [0.5, 0.6) is 40.2 Å². The first-order chi connectivity index (χ1) is 20.0. The van der Waals surface area contributed by atoms with Crippen LogP contribution in [0.15, 0.2) is 48.2 Å². The van der Waals surface area contributed by atoms with Gasteiger partial charge in [0.05, 0.1) is 32.5 Å². The van der Waals surface area contributed by atoms with E-state index in [0.29, 0.717) is 46.2 Å². The van der Waals surface area contributed by atoms with Gasteiger partial charge in [-0.1, -0.05) is 6.07 Å².